The number of allylic oxidation sites excluding steroid dienone is 1. The zero-order valence-corrected chi connectivity index (χ0v) is 8.91. The van der Waals surface area contributed by atoms with Crippen molar-refractivity contribution in [2.45, 2.75) is 6.92 Å². The monoisotopic (exact) mass is 226 g/mol. The summed E-state index contributed by atoms with van der Waals surface area (Å²) >= 11 is 5.74. The second-order valence-corrected chi connectivity index (χ2v) is 3.22. The van der Waals surface area contributed by atoms with Crippen molar-refractivity contribution >= 4 is 28.9 Å². The molecule has 0 bridgehead atoms. The minimum atomic E-state index is -0.525. The van der Waals surface area contributed by atoms with E-state index in [-0.39, 0.29) is 22.0 Å². The highest BCUT2D eigenvalue weighted by Gasteiger charge is 2.10. The Balaban J connectivity index is 3.01. The summed E-state index contributed by atoms with van der Waals surface area (Å²) < 4.78 is 4.75. The number of nitrogen functional groups attached to an aromatic ring is 2. The Hall–Kier alpha value is -1.68. The molecule has 0 saturated carbocycles. The Labute approximate surface area is 92.5 Å². The Morgan fingerprint density at radius 1 is 1.40 bits per heavy atom. The molecule has 0 fully saturated rings. The number of esters is 1. The number of carbonyl (C=O) groups is 1. The maximum Gasteiger partial charge on any atom is 0.343 e. The van der Waals surface area contributed by atoms with Crippen LogP contribution in [0.2, 0.25) is 5.02 Å². The van der Waals surface area contributed by atoms with Gasteiger partial charge in [0.25, 0.3) is 0 Å². The van der Waals surface area contributed by atoms with Gasteiger partial charge in [0.1, 0.15) is 0 Å². The fourth-order valence-electron chi connectivity index (χ4n) is 0.986. The molecule has 0 heterocycles. The number of benzene rings is 1. The van der Waals surface area contributed by atoms with Crippen LogP contribution in [-0.2, 0) is 4.74 Å². The van der Waals surface area contributed by atoms with Gasteiger partial charge in [-0.3, -0.25) is 0 Å². The quantitative estimate of drug-likeness (QED) is 0.460. The first-order valence-electron chi connectivity index (χ1n) is 4.23. The van der Waals surface area contributed by atoms with Crippen molar-refractivity contribution in [1.82, 2.24) is 0 Å². The Morgan fingerprint density at radius 2 is 1.93 bits per heavy atom. The summed E-state index contributed by atoms with van der Waals surface area (Å²) in [6, 6.07) is 2.84. The molecule has 80 valence electrons. The highest BCUT2D eigenvalue weighted by molar-refractivity contribution is 6.35. The normalized spacial score (nSPS) is 10.5. The maximum absolute atomic E-state index is 11.4. The lowest BCUT2D eigenvalue weighted by Crippen LogP contribution is -2.04. The second-order valence-electron chi connectivity index (χ2n) is 2.84. The van der Waals surface area contributed by atoms with Crippen molar-refractivity contribution < 1.29 is 9.53 Å². The van der Waals surface area contributed by atoms with Crippen molar-refractivity contribution in [3.8, 4) is 0 Å². The molecular formula is C10H11ClN2O2. The molecule has 1 rings (SSSR count). The molecule has 5 heteroatoms. The van der Waals surface area contributed by atoms with Gasteiger partial charge < -0.3 is 16.2 Å². The van der Waals surface area contributed by atoms with Crippen LogP contribution in [0.3, 0.4) is 0 Å². The van der Waals surface area contributed by atoms with Gasteiger partial charge in [0.2, 0.25) is 0 Å². The standard InChI is InChI=1S/C10H11ClN2O2/c1-2-3-15-10(14)6-4-7(12)9(11)8(13)5-6/h2-5H,12-13H2,1H3. The van der Waals surface area contributed by atoms with Gasteiger partial charge in [-0.2, -0.15) is 0 Å². The van der Waals surface area contributed by atoms with Crippen molar-refractivity contribution in [3.63, 3.8) is 0 Å². The first kappa shape index (κ1) is 11.4. The molecular weight excluding hydrogens is 216 g/mol. The number of hydrogen-bond donors (Lipinski definition) is 2. The van der Waals surface area contributed by atoms with Crippen LogP contribution < -0.4 is 11.5 Å². The molecule has 0 spiro atoms. The van der Waals surface area contributed by atoms with E-state index < -0.39 is 5.97 Å². The van der Waals surface area contributed by atoms with Gasteiger partial charge in [0, 0.05) is 0 Å². The second kappa shape index (κ2) is 4.70. The predicted octanol–water partition coefficient (Wildman–Crippen LogP) is 2.19. The van der Waals surface area contributed by atoms with Crippen LogP contribution in [0.1, 0.15) is 17.3 Å². The number of anilines is 2. The van der Waals surface area contributed by atoms with E-state index in [0.29, 0.717) is 0 Å². The highest BCUT2D eigenvalue weighted by atomic mass is 35.5. The van der Waals surface area contributed by atoms with Gasteiger partial charge >= 0.3 is 5.97 Å². The lowest BCUT2D eigenvalue weighted by Gasteiger charge is -2.05. The lowest BCUT2D eigenvalue weighted by molar-refractivity contribution is 0.0662. The number of nitrogens with two attached hydrogens (primary N) is 2. The van der Waals surface area contributed by atoms with Crippen LogP contribution in [0.25, 0.3) is 0 Å². The lowest BCUT2D eigenvalue weighted by atomic mass is 10.2. The summed E-state index contributed by atoms with van der Waals surface area (Å²) in [4.78, 5) is 11.4. The fourth-order valence-corrected chi connectivity index (χ4v) is 1.09. The Kier molecular flexibility index (Phi) is 3.57. The van der Waals surface area contributed by atoms with Crippen molar-refractivity contribution in [2.24, 2.45) is 0 Å². The van der Waals surface area contributed by atoms with Crippen molar-refractivity contribution in [1.29, 1.82) is 0 Å². The average molecular weight is 227 g/mol. The third kappa shape index (κ3) is 2.63. The zero-order chi connectivity index (χ0) is 11.4. The first-order chi connectivity index (χ1) is 7.06. The van der Waals surface area contributed by atoms with Gasteiger partial charge in [0.05, 0.1) is 28.2 Å². The molecule has 0 amide bonds. The summed E-state index contributed by atoms with van der Waals surface area (Å²) in [5.74, 6) is -0.525. The van der Waals surface area contributed by atoms with Crippen LogP contribution in [0, 0.1) is 0 Å². The van der Waals surface area contributed by atoms with Gasteiger partial charge in [-0.15, -0.1) is 0 Å². The zero-order valence-electron chi connectivity index (χ0n) is 8.16. The molecule has 0 aromatic heterocycles. The third-order valence-electron chi connectivity index (χ3n) is 1.68. The van der Waals surface area contributed by atoms with E-state index in [0.717, 1.165) is 0 Å². The number of ether oxygens (including phenoxy) is 1. The number of rotatable bonds is 2. The van der Waals surface area contributed by atoms with E-state index in [4.69, 9.17) is 27.8 Å². The van der Waals surface area contributed by atoms with Crippen LogP contribution in [0.5, 0.6) is 0 Å². The van der Waals surface area contributed by atoms with Gasteiger partial charge in [-0.25, -0.2) is 4.79 Å². The summed E-state index contributed by atoms with van der Waals surface area (Å²) in [5.41, 5.74) is 11.9. The molecule has 4 nitrogen and oxygen atoms in total. The molecule has 0 aliphatic heterocycles. The molecule has 1 aromatic rings. The molecule has 0 saturated heterocycles. The SMILES string of the molecule is CC=COC(=O)c1cc(N)c(Cl)c(N)c1. The molecule has 0 radical (unpaired) electrons. The van der Waals surface area contributed by atoms with Crippen LogP contribution in [0.15, 0.2) is 24.5 Å². The van der Waals surface area contributed by atoms with E-state index in [9.17, 15) is 4.79 Å². The number of carbonyl (C=O) groups excluding carboxylic acids is 1. The van der Waals surface area contributed by atoms with Crippen LogP contribution >= 0.6 is 11.6 Å². The predicted molar refractivity (Wildman–Crippen MR) is 60.5 cm³/mol. The van der Waals surface area contributed by atoms with Gasteiger partial charge in [-0.05, 0) is 19.1 Å². The van der Waals surface area contributed by atoms with Crippen LogP contribution in [0.4, 0.5) is 11.4 Å². The van der Waals surface area contributed by atoms with E-state index in [2.05, 4.69) is 0 Å². The molecule has 1 aromatic carbocycles. The van der Waals surface area contributed by atoms with Gasteiger partial charge in [0.15, 0.2) is 0 Å². The molecule has 15 heavy (non-hydrogen) atoms. The van der Waals surface area contributed by atoms with Crippen LogP contribution in [-0.4, -0.2) is 5.97 Å². The molecule has 0 unspecified atom stereocenters. The topological polar surface area (TPSA) is 78.3 Å². The first-order valence-corrected chi connectivity index (χ1v) is 4.60. The van der Waals surface area contributed by atoms with Crippen molar-refractivity contribution in [3.05, 3.63) is 35.1 Å². The largest absolute Gasteiger partial charge is 0.431 e. The maximum atomic E-state index is 11.4. The summed E-state index contributed by atoms with van der Waals surface area (Å²) in [6.45, 7) is 1.73. The van der Waals surface area contributed by atoms with E-state index in [1.807, 2.05) is 0 Å². The molecule has 4 N–H and O–H groups in total. The minimum absolute atomic E-state index is 0.248. The highest BCUT2D eigenvalue weighted by Crippen LogP contribution is 2.27. The summed E-state index contributed by atoms with van der Waals surface area (Å²) in [7, 11) is 0. The number of halogens is 1. The molecule has 0 aliphatic carbocycles. The number of hydrogen-bond acceptors (Lipinski definition) is 4. The molecule has 0 atom stereocenters. The summed E-state index contributed by atoms with van der Waals surface area (Å²) in [6.07, 6.45) is 2.88. The minimum Gasteiger partial charge on any atom is -0.431 e. The third-order valence-corrected chi connectivity index (χ3v) is 2.11. The fraction of sp³-hybridized carbons (Fsp3) is 0.100. The average Bonchev–Trinajstić information content (AvgIpc) is 2.21. The van der Waals surface area contributed by atoms with Crippen molar-refractivity contribution in [2.75, 3.05) is 11.5 Å². The summed E-state index contributed by atoms with van der Waals surface area (Å²) in [5, 5.41) is 0.248. The van der Waals surface area contributed by atoms with E-state index in [1.165, 1.54) is 18.4 Å². The Bertz CT molecular complexity index is 393. The smallest absolute Gasteiger partial charge is 0.343 e. The molecule has 0 aliphatic rings. The van der Waals surface area contributed by atoms with Gasteiger partial charge in [-0.1, -0.05) is 17.7 Å². The van der Waals surface area contributed by atoms with E-state index in [1.54, 1.807) is 13.0 Å². The van der Waals surface area contributed by atoms with E-state index >= 15 is 0 Å². The Morgan fingerprint density at radius 3 is 2.40 bits per heavy atom.